The zero-order chi connectivity index (χ0) is 19.9. The van der Waals surface area contributed by atoms with Crippen LogP contribution in [-0.2, 0) is 9.53 Å². The van der Waals surface area contributed by atoms with Gasteiger partial charge in [-0.3, -0.25) is 19.7 Å². The van der Waals surface area contributed by atoms with Crippen LogP contribution in [0.4, 0.5) is 10.3 Å². The zero-order valence-corrected chi connectivity index (χ0v) is 15.9. The fourth-order valence-corrected chi connectivity index (χ4v) is 3.21. The molecule has 0 bridgehead atoms. The van der Waals surface area contributed by atoms with E-state index in [2.05, 4.69) is 15.3 Å². The zero-order valence-electron chi connectivity index (χ0n) is 15.9. The Bertz CT molecular complexity index is 1010. The Labute approximate surface area is 162 Å². The number of carbonyl (C=O) groups is 1. The van der Waals surface area contributed by atoms with Crippen molar-refractivity contribution in [3.05, 3.63) is 54.6 Å². The van der Waals surface area contributed by atoms with Gasteiger partial charge in [-0.05, 0) is 57.2 Å². The third-order valence-corrected chi connectivity index (χ3v) is 4.51. The fraction of sp³-hybridized carbons (Fsp3) is 0.286. The van der Waals surface area contributed by atoms with Crippen molar-refractivity contribution in [2.75, 3.05) is 11.9 Å². The van der Waals surface area contributed by atoms with Crippen LogP contribution in [0.2, 0.25) is 0 Å². The van der Waals surface area contributed by atoms with Gasteiger partial charge in [-0.15, -0.1) is 0 Å². The van der Waals surface area contributed by atoms with Gasteiger partial charge in [0.15, 0.2) is 0 Å². The molecule has 3 heterocycles. The van der Waals surface area contributed by atoms with Crippen LogP contribution < -0.4 is 5.32 Å². The monoisotopic (exact) mass is 380 g/mol. The molecule has 0 aliphatic carbocycles. The second kappa shape index (κ2) is 6.83. The summed E-state index contributed by atoms with van der Waals surface area (Å²) in [5.74, 6) is -0.0166. The van der Waals surface area contributed by atoms with Crippen molar-refractivity contribution >= 4 is 11.9 Å². The van der Waals surface area contributed by atoms with Crippen LogP contribution in [0.25, 0.3) is 22.5 Å². The minimum absolute atomic E-state index is 0.160. The molecule has 0 fully saturated rings. The van der Waals surface area contributed by atoms with E-state index < -0.39 is 6.04 Å². The Morgan fingerprint density at radius 2 is 1.79 bits per heavy atom. The number of aromatic nitrogens is 3. The Morgan fingerprint density at radius 1 is 1.11 bits per heavy atom. The molecule has 4 rings (SSSR count). The largest absolute Gasteiger partial charge is 0.373 e. The number of amides is 1. The van der Waals surface area contributed by atoms with Gasteiger partial charge in [0.1, 0.15) is 11.9 Å². The molecule has 1 aliphatic rings. The second-order valence-electron chi connectivity index (χ2n) is 7.67. The van der Waals surface area contributed by atoms with E-state index in [1.54, 1.807) is 24.5 Å². The first-order chi connectivity index (χ1) is 13.3. The molecule has 0 radical (unpaired) electrons. The summed E-state index contributed by atoms with van der Waals surface area (Å²) in [5, 5.41) is 2.84. The lowest BCUT2D eigenvalue weighted by Crippen LogP contribution is -2.28. The maximum absolute atomic E-state index is 13.4. The number of hydrogen-bond acceptors (Lipinski definition) is 4. The highest BCUT2D eigenvalue weighted by Gasteiger charge is 2.37. The Hall–Kier alpha value is -3.06. The average Bonchev–Trinajstić information content (AvgIpc) is 3.15. The number of benzene rings is 1. The van der Waals surface area contributed by atoms with E-state index in [0.717, 1.165) is 16.8 Å². The van der Waals surface area contributed by atoms with Crippen LogP contribution in [0.1, 0.15) is 26.8 Å². The molecule has 0 saturated carbocycles. The molecule has 144 valence electrons. The molecule has 2 aromatic heterocycles. The van der Waals surface area contributed by atoms with Crippen LogP contribution in [0.3, 0.4) is 0 Å². The van der Waals surface area contributed by atoms with Crippen molar-refractivity contribution < 1.29 is 13.9 Å². The van der Waals surface area contributed by atoms with Gasteiger partial charge < -0.3 is 4.74 Å². The van der Waals surface area contributed by atoms with Crippen LogP contribution in [-0.4, -0.2) is 32.7 Å². The number of halogens is 1. The van der Waals surface area contributed by atoms with Crippen molar-refractivity contribution in [3.8, 4) is 22.5 Å². The van der Waals surface area contributed by atoms with E-state index in [4.69, 9.17) is 4.74 Å². The number of imidazole rings is 1. The van der Waals surface area contributed by atoms with E-state index in [-0.39, 0.29) is 23.9 Å². The fourth-order valence-electron chi connectivity index (χ4n) is 3.21. The smallest absolute Gasteiger partial charge is 0.252 e. The molecule has 3 aromatic rings. The summed E-state index contributed by atoms with van der Waals surface area (Å²) in [6.07, 6.45) is 3.38. The maximum Gasteiger partial charge on any atom is 0.252 e. The number of carbonyl (C=O) groups excluding carboxylic acids is 1. The minimum Gasteiger partial charge on any atom is -0.373 e. The van der Waals surface area contributed by atoms with Gasteiger partial charge in [-0.25, -0.2) is 9.37 Å². The van der Waals surface area contributed by atoms with Crippen molar-refractivity contribution in [3.63, 3.8) is 0 Å². The first-order valence-corrected chi connectivity index (χ1v) is 9.07. The molecule has 1 amide bonds. The quantitative estimate of drug-likeness (QED) is 0.741. The number of fused-ring (bicyclic) bond motifs is 1. The molecule has 0 spiro atoms. The summed E-state index contributed by atoms with van der Waals surface area (Å²) in [5.41, 5.74) is 2.69. The average molecular weight is 380 g/mol. The summed E-state index contributed by atoms with van der Waals surface area (Å²) >= 11 is 0. The van der Waals surface area contributed by atoms with Crippen LogP contribution in [0, 0.1) is 5.82 Å². The molecule has 1 aliphatic heterocycles. The number of pyridine rings is 1. The highest BCUT2D eigenvalue weighted by atomic mass is 19.1. The lowest BCUT2D eigenvalue weighted by molar-refractivity contribution is -0.121. The van der Waals surface area contributed by atoms with Gasteiger partial charge in [-0.2, -0.15) is 0 Å². The van der Waals surface area contributed by atoms with Gasteiger partial charge in [0.05, 0.1) is 23.6 Å². The summed E-state index contributed by atoms with van der Waals surface area (Å²) in [7, 11) is 0. The Kier molecular flexibility index (Phi) is 4.47. The second-order valence-corrected chi connectivity index (χ2v) is 7.67. The summed E-state index contributed by atoms with van der Waals surface area (Å²) in [6, 6.07) is 9.34. The number of ether oxygens (including phenoxy) is 1. The summed E-state index contributed by atoms with van der Waals surface area (Å²) in [4.78, 5) is 21.3. The summed E-state index contributed by atoms with van der Waals surface area (Å²) < 4.78 is 21.2. The molecular weight excluding hydrogens is 359 g/mol. The molecule has 1 N–H and O–H groups in total. The van der Waals surface area contributed by atoms with Gasteiger partial charge in [0.2, 0.25) is 5.95 Å². The number of rotatable bonds is 4. The van der Waals surface area contributed by atoms with Crippen molar-refractivity contribution in [1.82, 2.24) is 14.5 Å². The van der Waals surface area contributed by atoms with Crippen molar-refractivity contribution in [1.29, 1.82) is 0 Å². The van der Waals surface area contributed by atoms with Crippen molar-refractivity contribution in [2.45, 2.75) is 32.4 Å². The molecule has 1 atom stereocenters. The molecule has 0 unspecified atom stereocenters. The predicted molar refractivity (Wildman–Crippen MR) is 104 cm³/mol. The van der Waals surface area contributed by atoms with Crippen LogP contribution >= 0.6 is 0 Å². The molecule has 0 saturated heterocycles. The molecule has 28 heavy (non-hydrogen) atoms. The van der Waals surface area contributed by atoms with E-state index in [1.807, 2.05) is 37.5 Å². The number of nitrogens with zero attached hydrogens (tertiary/aromatic N) is 3. The normalized spacial score (nSPS) is 16.1. The van der Waals surface area contributed by atoms with Crippen molar-refractivity contribution in [2.24, 2.45) is 0 Å². The van der Waals surface area contributed by atoms with Crippen LogP contribution in [0.15, 0.2) is 48.8 Å². The number of nitrogens with one attached hydrogen (secondary N) is 1. The molecule has 1 aromatic carbocycles. The summed E-state index contributed by atoms with van der Waals surface area (Å²) in [6.45, 7) is 6.06. The van der Waals surface area contributed by atoms with E-state index in [1.165, 1.54) is 12.1 Å². The molecule has 7 heteroatoms. The first-order valence-electron chi connectivity index (χ1n) is 9.07. The topological polar surface area (TPSA) is 69.0 Å². The lowest BCUT2D eigenvalue weighted by atomic mass is 10.0. The Balaban J connectivity index is 1.86. The van der Waals surface area contributed by atoms with Gasteiger partial charge in [0, 0.05) is 23.5 Å². The molecular formula is C21H21FN4O2. The van der Waals surface area contributed by atoms with Gasteiger partial charge in [0.25, 0.3) is 5.91 Å². The van der Waals surface area contributed by atoms with E-state index in [0.29, 0.717) is 11.6 Å². The first kappa shape index (κ1) is 18.3. The third kappa shape index (κ3) is 3.41. The Morgan fingerprint density at radius 3 is 2.43 bits per heavy atom. The molecule has 6 nitrogen and oxygen atoms in total. The standard InChI is InChI=1S/C21H21FN4O2/c1-21(2,3)28-12-16-19(27)25-20-24-17(13-4-6-15(22)7-5-13)18(26(16)20)14-8-10-23-11-9-14/h4-11,16H,12H2,1-3H3,(H,24,25,27)/t16-/m1/s1. The minimum atomic E-state index is -0.543. The maximum atomic E-state index is 13.4. The SMILES string of the molecule is CC(C)(C)OC[C@@H]1C(=O)Nc2nc(-c3ccc(F)cc3)c(-c3ccncc3)n21. The van der Waals surface area contributed by atoms with Gasteiger partial charge in [-0.1, -0.05) is 0 Å². The highest BCUT2D eigenvalue weighted by Crippen LogP contribution is 2.40. The van der Waals surface area contributed by atoms with Crippen LogP contribution in [0.5, 0.6) is 0 Å². The predicted octanol–water partition coefficient (Wildman–Crippen LogP) is 4.06. The lowest BCUT2D eigenvalue weighted by Gasteiger charge is -2.23. The van der Waals surface area contributed by atoms with Gasteiger partial charge >= 0.3 is 0 Å². The number of anilines is 1. The third-order valence-electron chi connectivity index (χ3n) is 4.51. The van der Waals surface area contributed by atoms with E-state index in [9.17, 15) is 9.18 Å². The van der Waals surface area contributed by atoms with E-state index >= 15 is 0 Å². The highest BCUT2D eigenvalue weighted by molar-refractivity contribution is 5.99. The number of hydrogen-bond donors (Lipinski definition) is 1.